The molecule has 0 radical (unpaired) electrons. The van der Waals surface area contributed by atoms with E-state index in [4.69, 9.17) is 23.1 Å². The number of rotatable bonds is 4. The summed E-state index contributed by atoms with van der Waals surface area (Å²) in [4.78, 5) is 0. The first kappa shape index (κ1) is 14.5. The zero-order valence-corrected chi connectivity index (χ0v) is 12.0. The van der Waals surface area contributed by atoms with Gasteiger partial charge in [0, 0.05) is 6.54 Å². The smallest absolute Gasteiger partial charge is 0.169 e. The zero-order valence-electron chi connectivity index (χ0n) is 11.2. The van der Waals surface area contributed by atoms with Crippen LogP contribution >= 0.6 is 11.6 Å². The van der Waals surface area contributed by atoms with Gasteiger partial charge in [-0.15, -0.1) is 0 Å². The molecule has 2 aromatic rings. The number of benzene rings is 2. The number of aryl methyl sites for hydroxylation is 1. The monoisotopic (exact) mass is 293 g/mol. The van der Waals surface area contributed by atoms with Gasteiger partial charge in [0.1, 0.15) is 5.02 Å². The maximum atomic E-state index is 14.0. The summed E-state index contributed by atoms with van der Waals surface area (Å²) in [5, 5.41) is 2.89. The molecule has 0 spiro atoms. The standard InChI is InChI=1S/C15H17ClFN3/c1-9-4-2-3-5-10(9)6-7-20-15-12(19)8-11(18)13(16)14(15)17/h2-5,8,20H,6-7,18-19H2,1H3. The Labute approximate surface area is 122 Å². The Hall–Kier alpha value is -1.94. The Morgan fingerprint density at radius 2 is 1.90 bits per heavy atom. The van der Waals surface area contributed by atoms with Crippen LogP contribution < -0.4 is 16.8 Å². The number of nitrogens with two attached hydrogens (primary N) is 2. The minimum absolute atomic E-state index is 0.0995. The van der Waals surface area contributed by atoms with Crippen LogP contribution in [0.3, 0.4) is 0 Å². The fourth-order valence-corrected chi connectivity index (χ4v) is 2.21. The van der Waals surface area contributed by atoms with E-state index in [0.717, 1.165) is 6.42 Å². The molecule has 0 saturated heterocycles. The van der Waals surface area contributed by atoms with Gasteiger partial charge in [-0.2, -0.15) is 0 Å². The third-order valence-corrected chi connectivity index (χ3v) is 3.61. The summed E-state index contributed by atoms with van der Waals surface area (Å²) < 4.78 is 14.0. The van der Waals surface area contributed by atoms with Crippen molar-refractivity contribution >= 4 is 28.7 Å². The molecular weight excluding hydrogens is 277 g/mol. The van der Waals surface area contributed by atoms with Crippen molar-refractivity contribution in [1.29, 1.82) is 0 Å². The summed E-state index contributed by atoms with van der Waals surface area (Å²) in [5.41, 5.74) is 14.3. The minimum atomic E-state index is -0.603. The molecule has 0 heterocycles. The van der Waals surface area contributed by atoms with Crippen LogP contribution in [0.4, 0.5) is 21.5 Å². The van der Waals surface area contributed by atoms with E-state index in [2.05, 4.69) is 5.32 Å². The van der Waals surface area contributed by atoms with Gasteiger partial charge in [-0.25, -0.2) is 4.39 Å². The maximum Gasteiger partial charge on any atom is 0.169 e. The summed E-state index contributed by atoms with van der Waals surface area (Å²) in [5.74, 6) is -0.603. The van der Waals surface area contributed by atoms with Crippen molar-refractivity contribution in [2.75, 3.05) is 23.3 Å². The van der Waals surface area contributed by atoms with Crippen LogP contribution in [0.2, 0.25) is 5.02 Å². The Balaban J connectivity index is 2.09. The lowest BCUT2D eigenvalue weighted by Gasteiger charge is -2.13. The molecule has 0 fully saturated rings. The van der Waals surface area contributed by atoms with E-state index in [1.54, 1.807) is 0 Å². The van der Waals surface area contributed by atoms with Gasteiger partial charge < -0.3 is 16.8 Å². The average Bonchev–Trinajstić information content (AvgIpc) is 2.42. The van der Waals surface area contributed by atoms with Gasteiger partial charge >= 0.3 is 0 Å². The summed E-state index contributed by atoms with van der Waals surface area (Å²) in [7, 11) is 0. The lowest BCUT2D eigenvalue weighted by molar-refractivity contribution is 0.631. The van der Waals surface area contributed by atoms with Crippen LogP contribution in [0, 0.1) is 12.7 Å². The lowest BCUT2D eigenvalue weighted by atomic mass is 10.1. The Morgan fingerprint density at radius 3 is 2.60 bits per heavy atom. The topological polar surface area (TPSA) is 64.1 Å². The van der Waals surface area contributed by atoms with Crippen molar-refractivity contribution in [3.8, 4) is 0 Å². The largest absolute Gasteiger partial charge is 0.397 e. The second-order valence-electron chi connectivity index (χ2n) is 4.66. The molecule has 5 N–H and O–H groups in total. The van der Waals surface area contributed by atoms with Crippen molar-refractivity contribution in [1.82, 2.24) is 0 Å². The zero-order chi connectivity index (χ0) is 14.7. The number of hydrogen-bond acceptors (Lipinski definition) is 3. The van der Waals surface area contributed by atoms with Gasteiger partial charge in [-0.1, -0.05) is 35.9 Å². The molecule has 106 valence electrons. The molecule has 0 atom stereocenters. The van der Waals surface area contributed by atoms with Gasteiger partial charge in [0.2, 0.25) is 0 Å². The molecule has 3 nitrogen and oxygen atoms in total. The Morgan fingerprint density at radius 1 is 1.20 bits per heavy atom. The average molecular weight is 294 g/mol. The fraction of sp³-hybridized carbons (Fsp3) is 0.200. The Kier molecular flexibility index (Phi) is 4.35. The first-order valence-corrected chi connectivity index (χ1v) is 6.70. The van der Waals surface area contributed by atoms with E-state index >= 15 is 0 Å². The highest BCUT2D eigenvalue weighted by Gasteiger charge is 2.13. The SMILES string of the molecule is Cc1ccccc1CCNc1c(N)cc(N)c(Cl)c1F. The van der Waals surface area contributed by atoms with E-state index in [0.29, 0.717) is 6.54 Å². The van der Waals surface area contributed by atoms with Crippen LogP contribution in [0.5, 0.6) is 0 Å². The first-order valence-electron chi connectivity index (χ1n) is 6.32. The van der Waals surface area contributed by atoms with Crippen molar-refractivity contribution in [2.24, 2.45) is 0 Å². The molecule has 0 saturated carbocycles. The third kappa shape index (κ3) is 2.96. The second kappa shape index (κ2) is 6.01. The van der Waals surface area contributed by atoms with Crippen molar-refractivity contribution in [2.45, 2.75) is 13.3 Å². The second-order valence-corrected chi connectivity index (χ2v) is 5.04. The number of halogens is 2. The van der Waals surface area contributed by atoms with Crippen molar-refractivity contribution in [3.63, 3.8) is 0 Å². The summed E-state index contributed by atoms with van der Waals surface area (Å²) >= 11 is 5.78. The number of nitrogens with one attached hydrogen (secondary N) is 1. The van der Waals surface area contributed by atoms with E-state index in [1.807, 2.05) is 31.2 Å². The minimum Gasteiger partial charge on any atom is -0.397 e. The molecule has 2 rings (SSSR count). The Bertz CT molecular complexity index is 629. The lowest BCUT2D eigenvalue weighted by Crippen LogP contribution is -2.10. The van der Waals surface area contributed by atoms with Crippen LogP contribution in [0.1, 0.15) is 11.1 Å². The predicted molar refractivity (Wildman–Crippen MR) is 83.6 cm³/mol. The van der Waals surface area contributed by atoms with Gasteiger partial charge in [-0.05, 0) is 30.5 Å². The first-order chi connectivity index (χ1) is 9.50. The highest BCUT2D eigenvalue weighted by molar-refractivity contribution is 6.33. The molecule has 0 aromatic heterocycles. The number of hydrogen-bond donors (Lipinski definition) is 3. The van der Waals surface area contributed by atoms with Gasteiger partial charge in [0.25, 0.3) is 0 Å². The summed E-state index contributed by atoms with van der Waals surface area (Å²) in [6.45, 7) is 2.61. The highest BCUT2D eigenvalue weighted by Crippen LogP contribution is 2.33. The fourth-order valence-electron chi connectivity index (χ4n) is 2.06. The third-order valence-electron chi connectivity index (χ3n) is 3.22. The summed E-state index contributed by atoms with van der Waals surface area (Å²) in [6.07, 6.45) is 0.771. The molecule has 0 bridgehead atoms. The molecule has 5 heteroatoms. The van der Waals surface area contributed by atoms with Gasteiger partial charge in [0.05, 0.1) is 17.1 Å². The van der Waals surface area contributed by atoms with Crippen molar-refractivity contribution in [3.05, 3.63) is 52.3 Å². The normalized spacial score (nSPS) is 10.6. The van der Waals surface area contributed by atoms with E-state index in [-0.39, 0.29) is 22.1 Å². The summed E-state index contributed by atoms with van der Waals surface area (Å²) in [6, 6.07) is 9.53. The quantitative estimate of drug-likeness (QED) is 0.755. The van der Waals surface area contributed by atoms with E-state index in [1.165, 1.54) is 17.2 Å². The van der Waals surface area contributed by atoms with E-state index in [9.17, 15) is 4.39 Å². The molecule has 0 aliphatic carbocycles. The van der Waals surface area contributed by atoms with Crippen LogP contribution in [0.15, 0.2) is 30.3 Å². The molecule has 0 amide bonds. The number of nitrogen functional groups attached to an aromatic ring is 2. The van der Waals surface area contributed by atoms with Crippen LogP contribution in [-0.4, -0.2) is 6.54 Å². The van der Waals surface area contributed by atoms with E-state index < -0.39 is 5.82 Å². The van der Waals surface area contributed by atoms with Crippen LogP contribution in [-0.2, 0) is 6.42 Å². The molecule has 0 aliphatic rings. The highest BCUT2D eigenvalue weighted by atomic mass is 35.5. The molecule has 0 aliphatic heterocycles. The van der Waals surface area contributed by atoms with Crippen LogP contribution in [0.25, 0.3) is 0 Å². The molecule has 20 heavy (non-hydrogen) atoms. The van der Waals surface area contributed by atoms with Crippen molar-refractivity contribution < 1.29 is 4.39 Å². The van der Waals surface area contributed by atoms with Gasteiger partial charge in [-0.3, -0.25) is 0 Å². The molecular formula is C15H17ClFN3. The number of anilines is 3. The molecule has 2 aromatic carbocycles. The molecule has 0 unspecified atom stereocenters. The van der Waals surface area contributed by atoms with Gasteiger partial charge in [0.15, 0.2) is 5.82 Å². The predicted octanol–water partition coefficient (Wildman–Crippen LogP) is 3.61. The maximum absolute atomic E-state index is 14.0.